The van der Waals surface area contributed by atoms with E-state index in [0.717, 1.165) is 16.3 Å². The molecule has 32 heavy (non-hydrogen) atoms. The summed E-state index contributed by atoms with van der Waals surface area (Å²) in [6, 6.07) is 27.3. The molecule has 2 bridgehead atoms. The first-order valence-electron chi connectivity index (χ1n) is 11.8. The molecule has 0 saturated heterocycles. The van der Waals surface area contributed by atoms with Crippen molar-refractivity contribution in [3.8, 4) is 0 Å². The molecule has 4 unspecified atom stereocenters. The topological polar surface area (TPSA) is 12.4 Å². The average Bonchev–Trinajstić information content (AvgIpc) is 3.45. The lowest BCUT2D eigenvalue weighted by Crippen LogP contribution is -2.31. The largest absolute Gasteiger partial charge is 0.252 e. The Bertz CT molecular complexity index is 1560. The molecule has 3 aliphatic rings. The van der Waals surface area contributed by atoms with Gasteiger partial charge in [0.05, 0.1) is 11.4 Å². The van der Waals surface area contributed by atoms with Gasteiger partial charge in [0, 0.05) is 15.8 Å². The molecular formula is C30H22BrN. The van der Waals surface area contributed by atoms with Gasteiger partial charge in [0.2, 0.25) is 0 Å². The molecule has 5 aromatic carbocycles. The minimum absolute atomic E-state index is 0.565. The average molecular weight is 476 g/mol. The van der Waals surface area contributed by atoms with Gasteiger partial charge in [0.25, 0.3) is 0 Å². The van der Waals surface area contributed by atoms with Gasteiger partial charge in [0.15, 0.2) is 0 Å². The van der Waals surface area contributed by atoms with Crippen molar-refractivity contribution in [2.45, 2.75) is 25.2 Å². The number of halogens is 1. The van der Waals surface area contributed by atoms with Gasteiger partial charge in [-0.25, -0.2) is 0 Å². The summed E-state index contributed by atoms with van der Waals surface area (Å²) in [5.74, 6) is 2.77. The molecule has 0 aromatic heterocycles. The maximum absolute atomic E-state index is 5.51. The highest BCUT2D eigenvalue weighted by Crippen LogP contribution is 2.62. The van der Waals surface area contributed by atoms with E-state index in [4.69, 9.17) is 4.99 Å². The van der Waals surface area contributed by atoms with Crippen LogP contribution in [0.1, 0.15) is 36.3 Å². The summed E-state index contributed by atoms with van der Waals surface area (Å²) in [6.45, 7) is 0. The second kappa shape index (κ2) is 6.20. The lowest BCUT2D eigenvalue weighted by Gasteiger charge is -2.37. The molecule has 4 atom stereocenters. The van der Waals surface area contributed by atoms with Gasteiger partial charge in [-0.2, -0.15) is 0 Å². The summed E-state index contributed by atoms with van der Waals surface area (Å²) in [4.78, 5) is 5.51. The van der Waals surface area contributed by atoms with Crippen LogP contribution in [0, 0.1) is 17.8 Å². The Balaban J connectivity index is 1.49. The molecular weight excluding hydrogens is 454 g/mol. The monoisotopic (exact) mass is 475 g/mol. The predicted octanol–water partition coefficient (Wildman–Crippen LogP) is 8.61. The highest BCUT2D eigenvalue weighted by molar-refractivity contribution is 9.10. The molecule has 2 fully saturated rings. The zero-order chi connectivity index (χ0) is 21.0. The zero-order valence-corrected chi connectivity index (χ0v) is 19.3. The number of nitrogens with zero attached hydrogens (tertiary/aromatic N) is 1. The van der Waals surface area contributed by atoms with E-state index < -0.39 is 0 Å². The Morgan fingerprint density at radius 3 is 2.25 bits per heavy atom. The van der Waals surface area contributed by atoms with E-state index in [1.165, 1.54) is 74.1 Å². The molecule has 1 aliphatic heterocycles. The van der Waals surface area contributed by atoms with Gasteiger partial charge >= 0.3 is 0 Å². The van der Waals surface area contributed by atoms with Crippen LogP contribution in [0.25, 0.3) is 32.3 Å². The van der Waals surface area contributed by atoms with E-state index >= 15 is 0 Å². The van der Waals surface area contributed by atoms with Gasteiger partial charge in [-0.1, -0.05) is 70.5 Å². The summed E-state index contributed by atoms with van der Waals surface area (Å²) < 4.78 is 1.13. The standard InChI is InChI=1S/C30H22BrN/c31-22-11-8-18(9-12-22)29-28-20-7-6-19(14-20)27(28)24-15-21-5-4-16-2-1-3-17-10-13-23(30(24)32-29)26(21)25(16)17/h1-5,8-13,15,19-20,27-28H,6-7,14H2. The fourth-order valence-electron chi connectivity index (χ4n) is 7.40. The molecule has 1 heterocycles. The Morgan fingerprint density at radius 1 is 0.719 bits per heavy atom. The van der Waals surface area contributed by atoms with Crippen LogP contribution in [-0.4, -0.2) is 5.71 Å². The third-order valence-corrected chi connectivity index (χ3v) is 9.14. The summed E-state index contributed by atoms with van der Waals surface area (Å²) in [6.07, 6.45) is 4.12. The first-order valence-corrected chi connectivity index (χ1v) is 12.6. The number of rotatable bonds is 1. The minimum Gasteiger partial charge on any atom is -0.252 e. The van der Waals surface area contributed by atoms with Crippen molar-refractivity contribution in [3.63, 3.8) is 0 Å². The third kappa shape index (κ3) is 2.21. The Labute approximate surface area is 195 Å². The van der Waals surface area contributed by atoms with Crippen LogP contribution in [0.5, 0.6) is 0 Å². The fraction of sp³-hybridized carbons (Fsp3) is 0.233. The second-order valence-corrected chi connectivity index (χ2v) is 11.0. The molecule has 2 heteroatoms. The Hall–Kier alpha value is -2.71. The van der Waals surface area contributed by atoms with Gasteiger partial charge in [-0.15, -0.1) is 0 Å². The lowest BCUT2D eigenvalue weighted by atomic mass is 9.69. The molecule has 1 nitrogen and oxygen atoms in total. The summed E-state index contributed by atoms with van der Waals surface area (Å²) >= 11 is 3.61. The van der Waals surface area contributed by atoms with E-state index in [1.807, 2.05) is 0 Å². The van der Waals surface area contributed by atoms with E-state index in [9.17, 15) is 0 Å². The van der Waals surface area contributed by atoms with Gasteiger partial charge < -0.3 is 0 Å². The van der Waals surface area contributed by atoms with Crippen LogP contribution < -0.4 is 0 Å². The third-order valence-electron chi connectivity index (χ3n) is 8.61. The van der Waals surface area contributed by atoms with Crippen LogP contribution >= 0.6 is 15.9 Å². The summed E-state index contributed by atoms with van der Waals surface area (Å²) in [5.41, 5.74) is 5.38. The SMILES string of the molecule is Brc1ccc(C2=Nc3c(cc4ccc5cccc6ccc3c4c56)C3C4CCC(C4)C23)cc1. The first kappa shape index (κ1) is 17.8. The molecule has 0 N–H and O–H groups in total. The van der Waals surface area contributed by atoms with E-state index in [0.29, 0.717) is 11.8 Å². The predicted molar refractivity (Wildman–Crippen MR) is 138 cm³/mol. The van der Waals surface area contributed by atoms with Crippen molar-refractivity contribution in [1.29, 1.82) is 0 Å². The number of fused-ring (bicyclic) bond motifs is 8. The second-order valence-electron chi connectivity index (χ2n) is 10.1. The molecule has 2 aliphatic carbocycles. The van der Waals surface area contributed by atoms with Crippen LogP contribution in [0.4, 0.5) is 5.69 Å². The number of benzene rings is 5. The number of hydrogen-bond acceptors (Lipinski definition) is 1. The quantitative estimate of drug-likeness (QED) is 0.215. The van der Waals surface area contributed by atoms with Crippen LogP contribution in [-0.2, 0) is 0 Å². The molecule has 0 spiro atoms. The molecule has 5 aromatic rings. The van der Waals surface area contributed by atoms with Crippen molar-refractivity contribution < 1.29 is 0 Å². The van der Waals surface area contributed by atoms with E-state index in [-0.39, 0.29) is 0 Å². The van der Waals surface area contributed by atoms with Crippen LogP contribution in [0.15, 0.2) is 82.3 Å². The number of aliphatic imine (C=N–C) groups is 1. The maximum atomic E-state index is 5.51. The molecule has 8 rings (SSSR count). The van der Waals surface area contributed by atoms with E-state index in [2.05, 4.69) is 88.7 Å². The van der Waals surface area contributed by atoms with Crippen LogP contribution in [0.2, 0.25) is 0 Å². The van der Waals surface area contributed by atoms with E-state index in [1.54, 1.807) is 0 Å². The van der Waals surface area contributed by atoms with Crippen molar-refractivity contribution in [3.05, 3.63) is 88.4 Å². The number of hydrogen-bond donors (Lipinski definition) is 0. The highest BCUT2D eigenvalue weighted by atomic mass is 79.9. The smallest absolute Gasteiger partial charge is 0.0747 e. The maximum Gasteiger partial charge on any atom is 0.0747 e. The molecule has 154 valence electrons. The Kier molecular flexibility index (Phi) is 3.45. The molecule has 0 amide bonds. The molecule has 0 radical (unpaired) electrons. The van der Waals surface area contributed by atoms with Crippen molar-refractivity contribution in [2.24, 2.45) is 22.7 Å². The summed E-state index contributed by atoms with van der Waals surface area (Å²) in [7, 11) is 0. The van der Waals surface area contributed by atoms with Crippen molar-refractivity contribution >= 4 is 59.6 Å². The Morgan fingerprint density at radius 2 is 1.44 bits per heavy atom. The van der Waals surface area contributed by atoms with Gasteiger partial charge in [0.1, 0.15) is 0 Å². The first-order chi connectivity index (χ1) is 15.8. The summed E-state index contributed by atoms with van der Waals surface area (Å²) in [5, 5.41) is 8.14. The highest BCUT2D eigenvalue weighted by Gasteiger charge is 2.52. The lowest BCUT2D eigenvalue weighted by molar-refractivity contribution is 0.358. The normalized spacial score (nSPS) is 26.1. The van der Waals surface area contributed by atoms with Crippen molar-refractivity contribution in [2.75, 3.05) is 0 Å². The molecule has 2 saturated carbocycles. The van der Waals surface area contributed by atoms with Crippen molar-refractivity contribution in [1.82, 2.24) is 0 Å². The van der Waals surface area contributed by atoms with Crippen LogP contribution in [0.3, 0.4) is 0 Å². The zero-order valence-electron chi connectivity index (χ0n) is 17.7. The van der Waals surface area contributed by atoms with Gasteiger partial charge in [-0.3, -0.25) is 4.99 Å². The fourth-order valence-corrected chi connectivity index (χ4v) is 7.67. The van der Waals surface area contributed by atoms with Gasteiger partial charge in [-0.05, 0) is 93.3 Å². The minimum atomic E-state index is 0.565.